The highest BCUT2D eigenvalue weighted by Gasteiger charge is 2.18. The molecule has 1 aliphatic rings. The molecule has 8 heteroatoms. The summed E-state index contributed by atoms with van der Waals surface area (Å²) in [6, 6.07) is 13.3. The van der Waals surface area contributed by atoms with Gasteiger partial charge in [0.1, 0.15) is 12.1 Å². The maximum Gasteiger partial charge on any atom is 0.231 e. The summed E-state index contributed by atoms with van der Waals surface area (Å²) < 4.78 is 21.8. The van der Waals surface area contributed by atoms with Crippen molar-refractivity contribution in [3.8, 4) is 45.4 Å². The first-order valence-electron chi connectivity index (χ1n) is 9.21. The van der Waals surface area contributed by atoms with E-state index < -0.39 is 0 Å². The van der Waals surface area contributed by atoms with E-state index in [1.807, 2.05) is 42.5 Å². The molecule has 2 aromatic heterocycles. The van der Waals surface area contributed by atoms with Crippen molar-refractivity contribution in [3.63, 3.8) is 0 Å². The summed E-state index contributed by atoms with van der Waals surface area (Å²) in [6.07, 6.45) is 1.41. The predicted octanol–water partition coefficient (Wildman–Crippen LogP) is 3.69. The summed E-state index contributed by atoms with van der Waals surface area (Å²) in [7, 11) is 3.20. The van der Waals surface area contributed by atoms with Gasteiger partial charge >= 0.3 is 0 Å². The molecule has 150 valence electrons. The second kappa shape index (κ2) is 7.07. The van der Waals surface area contributed by atoms with Crippen LogP contribution in [0.15, 0.2) is 48.8 Å². The van der Waals surface area contributed by atoms with Crippen LogP contribution in [0.2, 0.25) is 0 Å². The number of hydrogen-bond acceptors (Lipinski definition) is 8. The molecule has 30 heavy (non-hydrogen) atoms. The summed E-state index contributed by atoms with van der Waals surface area (Å²) in [5.41, 5.74) is 10.0. The lowest BCUT2D eigenvalue weighted by Gasteiger charge is -2.13. The Labute approximate surface area is 172 Å². The van der Waals surface area contributed by atoms with Gasteiger partial charge < -0.3 is 24.7 Å². The average Bonchev–Trinajstić information content (AvgIpc) is 3.26. The standard InChI is InChI=1S/C22H18N4O4/c1-27-16-5-4-13(8-18(16)28-2)15-9-14(20-21(23)24-10-25-22(20)26-15)12-3-6-17-19(7-12)30-11-29-17/h3-10H,11H2,1-2H3,(H2,23,24,25,26). The predicted molar refractivity (Wildman–Crippen MR) is 112 cm³/mol. The molecule has 0 aliphatic carbocycles. The van der Waals surface area contributed by atoms with Crippen molar-refractivity contribution in [1.82, 2.24) is 15.0 Å². The number of nitrogens with zero attached hydrogens (tertiary/aromatic N) is 3. The fourth-order valence-corrected chi connectivity index (χ4v) is 3.52. The van der Waals surface area contributed by atoms with Crippen molar-refractivity contribution in [3.05, 3.63) is 48.8 Å². The summed E-state index contributed by atoms with van der Waals surface area (Å²) in [6.45, 7) is 0.206. The van der Waals surface area contributed by atoms with Gasteiger partial charge in [0, 0.05) is 5.56 Å². The fourth-order valence-electron chi connectivity index (χ4n) is 3.52. The van der Waals surface area contributed by atoms with Crippen LogP contribution < -0.4 is 24.7 Å². The second-order valence-corrected chi connectivity index (χ2v) is 6.65. The van der Waals surface area contributed by atoms with Gasteiger partial charge in [-0.3, -0.25) is 0 Å². The monoisotopic (exact) mass is 402 g/mol. The zero-order chi connectivity index (χ0) is 20.7. The van der Waals surface area contributed by atoms with Crippen LogP contribution in [0.25, 0.3) is 33.4 Å². The number of methoxy groups -OCH3 is 2. The SMILES string of the molecule is COc1ccc(-c2cc(-c3ccc4c(c3)OCO4)c3c(N)ncnc3n2)cc1OC. The second-order valence-electron chi connectivity index (χ2n) is 6.65. The topological polar surface area (TPSA) is 102 Å². The highest BCUT2D eigenvalue weighted by atomic mass is 16.7. The van der Waals surface area contributed by atoms with Crippen molar-refractivity contribution in [1.29, 1.82) is 0 Å². The fraction of sp³-hybridized carbons (Fsp3) is 0.136. The number of nitrogen functional groups attached to an aromatic ring is 1. The maximum atomic E-state index is 6.20. The largest absolute Gasteiger partial charge is 0.493 e. The lowest BCUT2D eigenvalue weighted by molar-refractivity contribution is 0.174. The number of hydrogen-bond donors (Lipinski definition) is 1. The Bertz CT molecular complexity index is 1280. The van der Waals surface area contributed by atoms with Gasteiger partial charge in [0.15, 0.2) is 28.6 Å². The minimum Gasteiger partial charge on any atom is -0.493 e. The summed E-state index contributed by atoms with van der Waals surface area (Å²) in [4.78, 5) is 13.2. The highest BCUT2D eigenvalue weighted by Crippen LogP contribution is 2.40. The van der Waals surface area contributed by atoms with E-state index in [0.29, 0.717) is 45.5 Å². The van der Waals surface area contributed by atoms with E-state index in [9.17, 15) is 0 Å². The van der Waals surface area contributed by atoms with Gasteiger partial charge in [0.25, 0.3) is 0 Å². The maximum absolute atomic E-state index is 6.20. The molecular weight excluding hydrogens is 384 g/mol. The van der Waals surface area contributed by atoms with Crippen LogP contribution in [0.1, 0.15) is 0 Å². The van der Waals surface area contributed by atoms with E-state index in [0.717, 1.165) is 16.7 Å². The Morgan fingerprint density at radius 1 is 0.867 bits per heavy atom. The Balaban J connectivity index is 1.74. The molecule has 2 N–H and O–H groups in total. The third-order valence-corrected chi connectivity index (χ3v) is 5.00. The van der Waals surface area contributed by atoms with Crippen molar-refractivity contribution < 1.29 is 18.9 Å². The number of fused-ring (bicyclic) bond motifs is 2. The first kappa shape index (κ1) is 18.0. The van der Waals surface area contributed by atoms with Gasteiger partial charge in [-0.2, -0.15) is 0 Å². The summed E-state index contributed by atoms with van der Waals surface area (Å²) in [5.74, 6) is 3.01. The van der Waals surface area contributed by atoms with Crippen LogP contribution in [0.3, 0.4) is 0 Å². The number of ether oxygens (including phenoxy) is 4. The number of pyridine rings is 1. The zero-order valence-electron chi connectivity index (χ0n) is 16.4. The molecule has 8 nitrogen and oxygen atoms in total. The highest BCUT2D eigenvalue weighted by molar-refractivity contribution is 6.01. The van der Waals surface area contributed by atoms with Gasteiger partial charge in [0.2, 0.25) is 6.79 Å². The molecule has 0 radical (unpaired) electrons. The molecule has 0 bridgehead atoms. The molecule has 3 heterocycles. The van der Waals surface area contributed by atoms with E-state index in [4.69, 9.17) is 29.7 Å². The Morgan fingerprint density at radius 2 is 1.67 bits per heavy atom. The minimum atomic E-state index is 0.206. The van der Waals surface area contributed by atoms with Crippen LogP contribution in [-0.2, 0) is 0 Å². The lowest BCUT2D eigenvalue weighted by Crippen LogP contribution is -1.99. The number of nitrogens with two attached hydrogens (primary N) is 1. The molecule has 0 saturated carbocycles. The minimum absolute atomic E-state index is 0.206. The van der Waals surface area contributed by atoms with Gasteiger partial charge in [0.05, 0.1) is 25.3 Å². The van der Waals surface area contributed by atoms with E-state index >= 15 is 0 Å². The molecule has 0 saturated heterocycles. The Hall–Kier alpha value is -4.07. The van der Waals surface area contributed by atoms with Crippen molar-refractivity contribution in [2.45, 2.75) is 0 Å². The van der Waals surface area contributed by atoms with Crippen LogP contribution in [-0.4, -0.2) is 36.0 Å². The Morgan fingerprint density at radius 3 is 2.50 bits per heavy atom. The average molecular weight is 402 g/mol. The van der Waals surface area contributed by atoms with E-state index in [-0.39, 0.29) is 6.79 Å². The molecular formula is C22H18N4O4. The quantitative estimate of drug-likeness (QED) is 0.551. The Kier molecular flexibility index (Phi) is 4.24. The van der Waals surface area contributed by atoms with Gasteiger partial charge in [-0.1, -0.05) is 6.07 Å². The van der Waals surface area contributed by atoms with E-state index in [1.54, 1.807) is 14.2 Å². The zero-order valence-corrected chi connectivity index (χ0v) is 16.4. The third kappa shape index (κ3) is 2.89. The molecule has 1 aliphatic heterocycles. The molecule has 2 aromatic carbocycles. The van der Waals surface area contributed by atoms with Crippen LogP contribution in [0, 0.1) is 0 Å². The van der Waals surface area contributed by atoms with Gasteiger partial charge in [-0.25, -0.2) is 15.0 Å². The molecule has 0 spiro atoms. The molecule has 5 rings (SSSR count). The number of aromatic nitrogens is 3. The number of anilines is 1. The molecule has 4 aromatic rings. The van der Waals surface area contributed by atoms with Crippen molar-refractivity contribution in [2.75, 3.05) is 26.7 Å². The van der Waals surface area contributed by atoms with Crippen LogP contribution in [0.5, 0.6) is 23.0 Å². The van der Waals surface area contributed by atoms with Gasteiger partial charge in [-0.05, 0) is 47.5 Å². The number of rotatable bonds is 4. The van der Waals surface area contributed by atoms with Crippen LogP contribution >= 0.6 is 0 Å². The van der Waals surface area contributed by atoms with E-state index in [1.165, 1.54) is 6.33 Å². The number of benzene rings is 2. The smallest absolute Gasteiger partial charge is 0.231 e. The molecule has 0 amide bonds. The third-order valence-electron chi connectivity index (χ3n) is 5.00. The normalized spacial score (nSPS) is 12.2. The van der Waals surface area contributed by atoms with Crippen molar-refractivity contribution >= 4 is 16.9 Å². The van der Waals surface area contributed by atoms with Crippen molar-refractivity contribution in [2.24, 2.45) is 0 Å². The van der Waals surface area contributed by atoms with E-state index in [2.05, 4.69) is 9.97 Å². The molecule has 0 atom stereocenters. The summed E-state index contributed by atoms with van der Waals surface area (Å²) in [5, 5.41) is 0.681. The lowest BCUT2D eigenvalue weighted by atomic mass is 9.99. The van der Waals surface area contributed by atoms with Crippen LogP contribution in [0.4, 0.5) is 5.82 Å². The first-order chi connectivity index (χ1) is 14.7. The molecule has 0 unspecified atom stereocenters. The van der Waals surface area contributed by atoms with Gasteiger partial charge in [-0.15, -0.1) is 0 Å². The molecule has 0 fully saturated rings. The summed E-state index contributed by atoms with van der Waals surface area (Å²) >= 11 is 0. The first-order valence-corrected chi connectivity index (χ1v) is 9.21.